The summed E-state index contributed by atoms with van der Waals surface area (Å²) in [6.07, 6.45) is 3.27. The fourth-order valence-corrected chi connectivity index (χ4v) is 2.77. The highest BCUT2D eigenvalue weighted by atomic mass is 32.1. The lowest BCUT2D eigenvalue weighted by molar-refractivity contribution is 0.415. The SMILES string of the molecule is CCCNCCCc1nnc(-c2cccc(OC)c2)s1. The lowest BCUT2D eigenvalue weighted by Crippen LogP contribution is -2.16. The van der Waals surface area contributed by atoms with Gasteiger partial charge in [0.15, 0.2) is 0 Å². The van der Waals surface area contributed by atoms with E-state index in [2.05, 4.69) is 22.4 Å². The molecule has 0 spiro atoms. The van der Waals surface area contributed by atoms with Gasteiger partial charge in [-0.15, -0.1) is 10.2 Å². The van der Waals surface area contributed by atoms with Crippen LogP contribution in [0.2, 0.25) is 0 Å². The first kappa shape index (κ1) is 14.9. The smallest absolute Gasteiger partial charge is 0.147 e. The van der Waals surface area contributed by atoms with Gasteiger partial charge in [0.2, 0.25) is 0 Å². The van der Waals surface area contributed by atoms with E-state index in [9.17, 15) is 0 Å². The van der Waals surface area contributed by atoms with E-state index in [4.69, 9.17) is 4.74 Å². The molecule has 4 nitrogen and oxygen atoms in total. The predicted molar refractivity (Wildman–Crippen MR) is 83.4 cm³/mol. The quantitative estimate of drug-likeness (QED) is 0.759. The van der Waals surface area contributed by atoms with Crippen molar-refractivity contribution < 1.29 is 4.74 Å². The van der Waals surface area contributed by atoms with Crippen molar-refractivity contribution in [3.05, 3.63) is 29.3 Å². The van der Waals surface area contributed by atoms with E-state index >= 15 is 0 Å². The van der Waals surface area contributed by atoms with Gasteiger partial charge in [0.25, 0.3) is 0 Å². The lowest BCUT2D eigenvalue weighted by Gasteiger charge is -2.01. The Hall–Kier alpha value is -1.46. The molecule has 0 amide bonds. The number of ether oxygens (including phenoxy) is 1. The molecule has 0 aliphatic carbocycles. The van der Waals surface area contributed by atoms with E-state index in [1.54, 1.807) is 18.4 Å². The Kier molecular flexibility index (Phi) is 5.95. The number of rotatable bonds is 8. The molecule has 1 heterocycles. The molecule has 5 heteroatoms. The molecule has 108 valence electrons. The van der Waals surface area contributed by atoms with Crippen LogP contribution in [0.5, 0.6) is 5.75 Å². The van der Waals surface area contributed by atoms with Gasteiger partial charge in [-0.2, -0.15) is 0 Å². The summed E-state index contributed by atoms with van der Waals surface area (Å²) in [7, 11) is 1.67. The second-order valence-electron chi connectivity index (χ2n) is 4.59. The van der Waals surface area contributed by atoms with Crippen molar-refractivity contribution >= 4 is 11.3 Å². The maximum atomic E-state index is 5.23. The second kappa shape index (κ2) is 7.97. The van der Waals surface area contributed by atoms with Crippen LogP contribution < -0.4 is 10.1 Å². The van der Waals surface area contributed by atoms with Gasteiger partial charge in [0.1, 0.15) is 15.8 Å². The summed E-state index contributed by atoms with van der Waals surface area (Å²) in [6, 6.07) is 7.94. The molecule has 0 fully saturated rings. The van der Waals surface area contributed by atoms with Crippen molar-refractivity contribution in [2.75, 3.05) is 20.2 Å². The average molecular weight is 291 g/mol. The van der Waals surface area contributed by atoms with Crippen molar-refractivity contribution in [2.45, 2.75) is 26.2 Å². The van der Waals surface area contributed by atoms with Crippen LogP contribution in [-0.2, 0) is 6.42 Å². The first-order valence-corrected chi connectivity index (χ1v) is 7.82. The lowest BCUT2D eigenvalue weighted by atomic mass is 10.2. The van der Waals surface area contributed by atoms with Crippen LogP contribution in [0.25, 0.3) is 10.6 Å². The van der Waals surface area contributed by atoms with E-state index in [1.807, 2.05) is 24.3 Å². The topological polar surface area (TPSA) is 47.0 Å². The summed E-state index contributed by atoms with van der Waals surface area (Å²) < 4.78 is 5.23. The molecule has 0 saturated carbocycles. The Morgan fingerprint density at radius 1 is 1.25 bits per heavy atom. The van der Waals surface area contributed by atoms with Gasteiger partial charge >= 0.3 is 0 Å². The number of methoxy groups -OCH3 is 1. The number of aryl methyl sites for hydroxylation is 1. The highest BCUT2D eigenvalue weighted by Crippen LogP contribution is 2.26. The molecule has 0 atom stereocenters. The minimum atomic E-state index is 0.850. The molecule has 2 aromatic rings. The normalized spacial score (nSPS) is 10.7. The van der Waals surface area contributed by atoms with Gasteiger partial charge in [0, 0.05) is 12.0 Å². The largest absolute Gasteiger partial charge is 0.497 e. The van der Waals surface area contributed by atoms with Crippen molar-refractivity contribution in [1.29, 1.82) is 0 Å². The highest BCUT2D eigenvalue weighted by molar-refractivity contribution is 7.14. The molecule has 1 aromatic heterocycles. The van der Waals surface area contributed by atoms with Crippen molar-refractivity contribution in [3.8, 4) is 16.3 Å². The van der Waals surface area contributed by atoms with Crippen LogP contribution in [0.4, 0.5) is 0 Å². The number of nitrogens with one attached hydrogen (secondary N) is 1. The fourth-order valence-electron chi connectivity index (χ4n) is 1.89. The molecular formula is C15H21N3OS. The molecule has 20 heavy (non-hydrogen) atoms. The Balaban J connectivity index is 1.91. The zero-order chi connectivity index (χ0) is 14.2. The molecule has 2 rings (SSSR count). The maximum absolute atomic E-state index is 5.23. The number of hydrogen-bond acceptors (Lipinski definition) is 5. The van der Waals surface area contributed by atoms with Gasteiger partial charge in [0.05, 0.1) is 7.11 Å². The molecule has 1 N–H and O–H groups in total. The van der Waals surface area contributed by atoms with E-state index in [0.29, 0.717) is 0 Å². The van der Waals surface area contributed by atoms with Gasteiger partial charge in [-0.25, -0.2) is 0 Å². The third-order valence-electron chi connectivity index (χ3n) is 2.95. The Labute approximate surface area is 124 Å². The van der Waals surface area contributed by atoms with Gasteiger partial charge in [-0.3, -0.25) is 0 Å². The predicted octanol–water partition coefficient (Wildman–Crippen LogP) is 3.15. The average Bonchev–Trinajstić information content (AvgIpc) is 2.96. The summed E-state index contributed by atoms with van der Waals surface area (Å²) in [5.41, 5.74) is 1.07. The summed E-state index contributed by atoms with van der Waals surface area (Å²) in [5.74, 6) is 0.850. The van der Waals surface area contributed by atoms with Crippen LogP contribution in [0.15, 0.2) is 24.3 Å². The first-order valence-electron chi connectivity index (χ1n) is 7.01. The fraction of sp³-hybridized carbons (Fsp3) is 0.467. The summed E-state index contributed by atoms with van der Waals surface area (Å²) in [6.45, 7) is 4.31. The van der Waals surface area contributed by atoms with Gasteiger partial charge in [-0.05, 0) is 38.1 Å². The summed E-state index contributed by atoms with van der Waals surface area (Å²) in [4.78, 5) is 0. The zero-order valence-electron chi connectivity index (χ0n) is 12.1. The summed E-state index contributed by atoms with van der Waals surface area (Å²) >= 11 is 1.66. The number of benzene rings is 1. The van der Waals surface area contributed by atoms with Gasteiger partial charge in [-0.1, -0.05) is 30.4 Å². The molecule has 0 unspecified atom stereocenters. The standard InChI is InChI=1S/C15H21N3OS/c1-3-9-16-10-5-8-14-17-18-15(20-14)12-6-4-7-13(11-12)19-2/h4,6-7,11,16H,3,5,8-10H2,1-2H3. The number of hydrogen-bond donors (Lipinski definition) is 1. The van der Waals surface area contributed by atoms with E-state index in [-0.39, 0.29) is 0 Å². The first-order chi connectivity index (χ1) is 9.83. The van der Waals surface area contributed by atoms with Gasteiger partial charge < -0.3 is 10.1 Å². The second-order valence-corrected chi connectivity index (χ2v) is 5.65. The highest BCUT2D eigenvalue weighted by Gasteiger charge is 2.07. The van der Waals surface area contributed by atoms with Crippen LogP contribution >= 0.6 is 11.3 Å². The molecule has 0 aliphatic heterocycles. The molecule has 0 aliphatic rings. The number of aromatic nitrogens is 2. The van der Waals surface area contributed by atoms with Crippen LogP contribution in [0.1, 0.15) is 24.8 Å². The van der Waals surface area contributed by atoms with E-state index in [1.165, 1.54) is 6.42 Å². The zero-order valence-corrected chi connectivity index (χ0v) is 12.9. The molecule has 1 aromatic carbocycles. The van der Waals surface area contributed by atoms with Crippen molar-refractivity contribution in [3.63, 3.8) is 0 Å². The van der Waals surface area contributed by atoms with Crippen LogP contribution in [0.3, 0.4) is 0 Å². The van der Waals surface area contributed by atoms with Crippen LogP contribution in [0, 0.1) is 0 Å². The minimum Gasteiger partial charge on any atom is -0.497 e. The Morgan fingerprint density at radius 3 is 2.95 bits per heavy atom. The third-order valence-corrected chi connectivity index (χ3v) is 3.99. The minimum absolute atomic E-state index is 0.850. The van der Waals surface area contributed by atoms with E-state index in [0.717, 1.165) is 47.3 Å². The molecule has 0 radical (unpaired) electrons. The van der Waals surface area contributed by atoms with Crippen LogP contribution in [-0.4, -0.2) is 30.4 Å². The number of nitrogens with zero attached hydrogens (tertiary/aromatic N) is 2. The molecular weight excluding hydrogens is 270 g/mol. The molecule has 0 bridgehead atoms. The monoisotopic (exact) mass is 291 g/mol. The van der Waals surface area contributed by atoms with Crippen molar-refractivity contribution in [1.82, 2.24) is 15.5 Å². The Morgan fingerprint density at radius 2 is 2.15 bits per heavy atom. The molecule has 0 saturated heterocycles. The third kappa shape index (κ3) is 4.28. The van der Waals surface area contributed by atoms with Crippen molar-refractivity contribution in [2.24, 2.45) is 0 Å². The maximum Gasteiger partial charge on any atom is 0.147 e. The Bertz CT molecular complexity index is 527. The van der Waals surface area contributed by atoms with E-state index < -0.39 is 0 Å². The summed E-state index contributed by atoms with van der Waals surface area (Å²) in [5, 5.41) is 14.0.